The molecule has 0 spiro atoms. The topological polar surface area (TPSA) is 120 Å². The lowest BCUT2D eigenvalue weighted by atomic mass is 9.95. The van der Waals surface area contributed by atoms with Crippen molar-refractivity contribution in [1.82, 2.24) is 20.3 Å². The molecule has 0 bridgehead atoms. The van der Waals surface area contributed by atoms with Crippen molar-refractivity contribution in [2.24, 2.45) is 0 Å². The number of phenols is 1. The maximum atomic E-state index is 12.8. The first-order valence-corrected chi connectivity index (χ1v) is 11.4. The molecule has 0 aliphatic heterocycles. The number of rotatable bonds is 10. The van der Waals surface area contributed by atoms with Gasteiger partial charge in [-0.1, -0.05) is 18.2 Å². The highest BCUT2D eigenvalue weighted by molar-refractivity contribution is 5.98. The van der Waals surface area contributed by atoms with Crippen LogP contribution >= 0.6 is 0 Å². The van der Waals surface area contributed by atoms with E-state index in [0.29, 0.717) is 46.7 Å². The van der Waals surface area contributed by atoms with E-state index in [4.69, 9.17) is 4.74 Å². The zero-order valence-electron chi connectivity index (χ0n) is 20.0. The Morgan fingerprint density at radius 1 is 1.14 bits per heavy atom. The number of nitrogens with zero attached hydrogens (tertiary/aromatic N) is 2. The minimum Gasteiger partial charge on any atom is -0.507 e. The lowest BCUT2D eigenvalue weighted by Gasteiger charge is -2.25. The highest BCUT2D eigenvalue weighted by atomic mass is 16.5. The lowest BCUT2D eigenvalue weighted by Crippen LogP contribution is -2.42. The van der Waals surface area contributed by atoms with E-state index in [0.717, 1.165) is 11.1 Å². The second-order valence-corrected chi connectivity index (χ2v) is 8.50. The number of H-pyrrole nitrogens is 1. The summed E-state index contributed by atoms with van der Waals surface area (Å²) >= 11 is 0. The van der Waals surface area contributed by atoms with E-state index in [2.05, 4.69) is 33.4 Å². The number of phenolic OH excluding ortho intramolecular Hbond substituents is 1. The summed E-state index contributed by atoms with van der Waals surface area (Å²) in [5.74, 6) is 0.661. The Morgan fingerprint density at radius 2 is 1.92 bits per heavy atom. The van der Waals surface area contributed by atoms with Crippen molar-refractivity contribution < 1.29 is 19.7 Å². The van der Waals surface area contributed by atoms with E-state index < -0.39 is 5.60 Å². The number of amides is 1. The van der Waals surface area contributed by atoms with Crippen LogP contribution in [0.4, 0.5) is 0 Å². The maximum absolute atomic E-state index is 12.8. The second kappa shape index (κ2) is 10.5. The van der Waals surface area contributed by atoms with Gasteiger partial charge in [0.2, 0.25) is 5.88 Å². The quantitative estimate of drug-likeness (QED) is 0.244. The van der Waals surface area contributed by atoms with E-state index in [1.54, 1.807) is 61.9 Å². The summed E-state index contributed by atoms with van der Waals surface area (Å²) in [5.41, 5.74) is 2.64. The van der Waals surface area contributed by atoms with Gasteiger partial charge in [0, 0.05) is 23.9 Å². The third-order valence-electron chi connectivity index (χ3n) is 5.90. The highest BCUT2D eigenvalue weighted by Gasteiger charge is 2.25. The number of imidazole rings is 1. The van der Waals surface area contributed by atoms with Gasteiger partial charge in [-0.15, -0.1) is 13.2 Å². The van der Waals surface area contributed by atoms with Gasteiger partial charge < -0.3 is 25.3 Å². The number of benzene rings is 2. The van der Waals surface area contributed by atoms with Gasteiger partial charge in [0.1, 0.15) is 11.6 Å². The molecule has 0 aliphatic carbocycles. The Kier molecular flexibility index (Phi) is 7.17. The molecule has 0 aliphatic rings. The lowest BCUT2D eigenvalue weighted by molar-refractivity contribution is 0.0437. The van der Waals surface area contributed by atoms with Crippen LogP contribution in [0.1, 0.15) is 23.2 Å². The Balaban J connectivity index is 1.61. The molecule has 8 nitrogen and oxygen atoms in total. The summed E-state index contributed by atoms with van der Waals surface area (Å²) < 4.78 is 5.37. The van der Waals surface area contributed by atoms with Crippen molar-refractivity contribution in [3.8, 4) is 34.1 Å². The first-order valence-electron chi connectivity index (χ1n) is 11.4. The van der Waals surface area contributed by atoms with Crippen LogP contribution in [0.25, 0.3) is 33.5 Å². The van der Waals surface area contributed by atoms with Crippen LogP contribution in [0.5, 0.6) is 11.6 Å². The third kappa shape index (κ3) is 5.13. The van der Waals surface area contributed by atoms with Crippen LogP contribution < -0.4 is 10.1 Å². The van der Waals surface area contributed by atoms with Gasteiger partial charge in [0.25, 0.3) is 5.91 Å². The molecule has 36 heavy (non-hydrogen) atoms. The van der Waals surface area contributed by atoms with E-state index >= 15 is 0 Å². The number of aromatic hydroxyl groups is 1. The number of nitrogens with one attached hydrogen (secondary N) is 2. The molecule has 2 aromatic carbocycles. The van der Waals surface area contributed by atoms with Gasteiger partial charge in [0.05, 0.1) is 29.3 Å². The Bertz CT molecular complexity index is 1420. The van der Waals surface area contributed by atoms with Crippen LogP contribution in [0.3, 0.4) is 0 Å². The zero-order chi connectivity index (χ0) is 25.7. The molecule has 0 atom stereocenters. The first-order chi connectivity index (χ1) is 17.4. The largest absolute Gasteiger partial charge is 0.507 e. The summed E-state index contributed by atoms with van der Waals surface area (Å²) in [6.45, 7) is 7.40. The molecular weight excluding hydrogens is 456 g/mol. The molecule has 2 aromatic heterocycles. The van der Waals surface area contributed by atoms with Crippen molar-refractivity contribution in [3.05, 3.63) is 85.6 Å². The van der Waals surface area contributed by atoms with Crippen molar-refractivity contribution in [3.63, 3.8) is 0 Å². The molecule has 0 unspecified atom stereocenters. The van der Waals surface area contributed by atoms with Gasteiger partial charge in [-0.05, 0) is 60.9 Å². The van der Waals surface area contributed by atoms with Crippen LogP contribution in [-0.4, -0.2) is 50.3 Å². The molecule has 0 radical (unpaired) electrons. The Morgan fingerprint density at radius 3 is 2.64 bits per heavy atom. The second-order valence-electron chi connectivity index (χ2n) is 8.50. The van der Waals surface area contributed by atoms with E-state index in [1.165, 1.54) is 0 Å². The van der Waals surface area contributed by atoms with Gasteiger partial charge in [0.15, 0.2) is 0 Å². The SMILES string of the molecule is C=CCC(O)(CC=C)CNC(=O)c1ccc2nc(-c3cc(-c4cccnc4OC)ccc3O)[nH]c2c1. The summed E-state index contributed by atoms with van der Waals surface area (Å²) in [6, 6.07) is 14.0. The number of ether oxygens (including phenoxy) is 1. The number of methoxy groups -OCH3 is 1. The number of carbonyl (C=O) groups excluding carboxylic acids is 1. The number of carbonyl (C=O) groups is 1. The average Bonchev–Trinajstić information content (AvgIpc) is 3.31. The number of aromatic amines is 1. The van der Waals surface area contributed by atoms with E-state index in [9.17, 15) is 15.0 Å². The molecule has 8 heteroatoms. The minimum atomic E-state index is -1.14. The molecule has 0 saturated carbocycles. The van der Waals surface area contributed by atoms with E-state index in [-0.39, 0.29) is 18.2 Å². The van der Waals surface area contributed by atoms with Crippen molar-refractivity contribution in [2.45, 2.75) is 18.4 Å². The minimum absolute atomic E-state index is 0.0577. The molecule has 0 fully saturated rings. The number of aliphatic hydroxyl groups is 1. The Hall–Kier alpha value is -4.43. The molecular formula is C28H28N4O4. The number of fused-ring (bicyclic) bond motifs is 1. The standard InChI is InChI=1S/C28H28N4O4/c1-4-12-28(35,13-5-2)17-30-26(34)19-8-10-22-23(16-19)32-25(31-22)21-15-18(9-11-24(21)33)20-7-6-14-29-27(20)36-3/h4-11,14-16,33,35H,1-2,12-13,17H2,3H3,(H,30,34)(H,31,32). The summed E-state index contributed by atoms with van der Waals surface area (Å²) in [4.78, 5) is 24.8. The summed E-state index contributed by atoms with van der Waals surface area (Å²) in [7, 11) is 1.56. The molecule has 4 rings (SSSR count). The fraction of sp³-hybridized carbons (Fsp3) is 0.179. The predicted octanol–water partition coefficient (Wildman–Crippen LogP) is 4.62. The number of hydrogen-bond acceptors (Lipinski definition) is 6. The molecule has 184 valence electrons. The van der Waals surface area contributed by atoms with Gasteiger partial charge >= 0.3 is 0 Å². The monoisotopic (exact) mass is 484 g/mol. The molecule has 1 amide bonds. The van der Waals surface area contributed by atoms with Gasteiger partial charge in [-0.2, -0.15) is 0 Å². The predicted molar refractivity (Wildman–Crippen MR) is 140 cm³/mol. The van der Waals surface area contributed by atoms with Crippen LogP contribution in [0, 0.1) is 0 Å². The fourth-order valence-electron chi connectivity index (χ4n) is 4.06. The van der Waals surface area contributed by atoms with Gasteiger partial charge in [-0.25, -0.2) is 9.97 Å². The van der Waals surface area contributed by atoms with Crippen LogP contribution in [0.15, 0.2) is 80.0 Å². The van der Waals surface area contributed by atoms with Crippen molar-refractivity contribution >= 4 is 16.9 Å². The van der Waals surface area contributed by atoms with E-state index in [1.807, 2.05) is 12.1 Å². The summed E-state index contributed by atoms with van der Waals surface area (Å²) in [6.07, 6.45) is 5.53. The first kappa shape index (κ1) is 24.7. The Labute approximate surface area is 209 Å². The molecule has 4 aromatic rings. The van der Waals surface area contributed by atoms with Crippen molar-refractivity contribution in [2.75, 3.05) is 13.7 Å². The number of pyridine rings is 1. The maximum Gasteiger partial charge on any atom is 0.251 e. The average molecular weight is 485 g/mol. The number of aromatic nitrogens is 3. The van der Waals surface area contributed by atoms with Crippen LogP contribution in [0.2, 0.25) is 0 Å². The zero-order valence-corrected chi connectivity index (χ0v) is 20.0. The van der Waals surface area contributed by atoms with Gasteiger partial charge in [-0.3, -0.25) is 4.79 Å². The molecule has 2 heterocycles. The summed E-state index contributed by atoms with van der Waals surface area (Å²) in [5, 5.41) is 24.0. The van der Waals surface area contributed by atoms with Crippen molar-refractivity contribution in [1.29, 1.82) is 0 Å². The smallest absolute Gasteiger partial charge is 0.251 e. The normalized spacial score (nSPS) is 11.3. The fourth-order valence-corrected chi connectivity index (χ4v) is 4.06. The third-order valence-corrected chi connectivity index (χ3v) is 5.90. The molecule has 4 N–H and O–H groups in total. The number of hydrogen-bond donors (Lipinski definition) is 4. The highest BCUT2D eigenvalue weighted by Crippen LogP contribution is 2.35. The van der Waals surface area contributed by atoms with Crippen LogP contribution in [-0.2, 0) is 0 Å². The molecule has 0 saturated heterocycles.